The van der Waals surface area contributed by atoms with Crippen LogP contribution in [0.3, 0.4) is 0 Å². The van der Waals surface area contributed by atoms with E-state index in [4.69, 9.17) is 9.47 Å². The van der Waals surface area contributed by atoms with Gasteiger partial charge in [-0.25, -0.2) is 0 Å². The van der Waals surface area contributed by atoms with Crippen LogP contribution in [0, 0.1) is 6.92 Å². The minimum atomic E-state index is -0.104. The number of halogens is 1. The van der Waals surface area contributed by atoms with Gasteiger partial charge in [-0.2, -0.15) is 0 Å². The molecule has 0 fully saturated rings. The molecule has 0 amide bonds. The van der Waals surface area contributed by atoms with Crippen molar-refractivity contribution in [1.29, 1.82) is 0 Å². The van der Waals surface area contributed by atoms with Gasteiger partial charge in [-0.3, -0.25) is 4.79 Å². The smallest absolute Gasteiger partial charge is 0.232 e. The van der Waals surface area contributed by atoms with E-state index in [9.17, 15) is 4.79 Å². The van der Waals surface area contributed by atoms with E-state index in [1.165, 1.54) is 0 Å². The van der Waals surface area contributed by atoms with Gasteiger partial charge in [0.15, 0.2) is 5.76 Å². The number of hydrogen-bond acceptors (Lipinski definition) is 3. The Labute approximate surface area is 166 Å². The van der Waals surface area contributed by atoms with Gasteiger partial charge in [0.05, 0.1) is 5.56 Å². The van der Waals surface area contributed by atoms with Gasteiger partial charge in [0.1, 0.15) is 18.1 Å². The van der Waals surface area contributed by atoms with Gasteiger partial charge in [0, 0.05) is 10.5 Å². The van der Waals surface area contributed by atoms with Gasteiger partial charge >= 0.3 is 0 Å². The Hall–Kier alpha value is -2.85. The minimum Gasteiger partial charge on any atom is -0.489 e. The van der Waals surface area contributed by atoms with E-state index in [-0.39, 0.29) is 5.78 Å². The first-order valence-corrected chi connectivity index (χ1v) is 9.41. The highest BCUT2D eigenvalue weighted by Gasteiger charge is 2.30. The topological polar surface area (TPSA) is 35.5 Å². The zero-order valence-electron chi connectivity index (χ0n) is 14.7. The Morgan fingerprint density at radius 1 is 1.04 bits per heavy atom. The third-order valence-corrected chi connectivity index (χ3v) is 5.11. The molecular formula is C23H17BrO3. The molecule has 0 atom stereocenters. The van der Waals surface area contributed by atoms with Gasteiger partial charge in [-0.15, -0.1) is 0 Å². The Bertz CT molecular complexity index is 1040. The molecule has 0 saturated heterocycles. The number of aryl methyl sites for hydroxylation is 1. The molecule has 1 aliphatic heterocycles. The van der Waals surface area contributed by atoms with Crippen LogP contribution >= 0.6 is 15.9 Å². The van der Waals surface area contributed by atoms with E-state index in [1.807, 2.05) is 67.6 Å². The van der Waals surface area contributed by atoms with E-state index in [2.05, 4.69) is 15.9 Å². The Kier molecular flexibility index (Phi) is 4.82. The van der Waals surface area contributed by atoms with Gasteiger partial charge in [0.2, 0.25) is 5.78 Å². The van der Waals surface area contributed by atoms with Crippen molar-refractivity contribution in [3.63, 3.8) is 0 Å². The van der Waals surface area contributed by atoms with Gasteiger partial charge in [0.25, 0.3) is 0 Å². The maximum Gasteiger partial charge on any atom is 0.232 e. The first-order valence-electron chi connectivity index (χ1n) is 8.62. The average molecular weight is 421 g/mol. The van der Waals surface area contributed by atoms with E-state index in [0.717, 1.165) is 21.2 Å². The number of rotatable bonds is 4. The van der Waals surface area contributed by atoms with Crippen LogP contribution in [0.15, 0.2) is 77.0 Å². The molecule has 3 nitrogen and oxygen atoms in total. The lowest BCUT2D eigenvalue weighted by Gasteiger charge is -2.09. The van der Waals surface area contributed by atoms with E-state index in [0.29, 0.717) is 29.4 Å². The standard InChI is InChI=1S/C23H17BrO3/c1-15-11-18(26-14-16-7-3-2-4-8-16)13-20-22(15)23(25)21(27-20)12-17-9-5-6-10-19(17)24/h2-13H,14H2,1H3/b21-12-. The lowest BCUT2D eigenvalue weighted by molar-refractivity contribution is 0.101. The summed E-state index contributed by atoms with van der Waals surface area (Å²) in [6, 6.07) is 21.3. The number of carbonyl (C=O) groups is 1. The lowest BCUT2D eigenvalue weighted by Crippen LogP contribution is -2.00. The number of allylic oxidation sites excluding steroid dienone is 1. The largest absolute Gasteiger partial charge is 0.489 e. The first-order chi connectivity index (χ1) is 13.1. The Morgan fingerprint density at radius 3 is 2.56 bits per heavy atom. The summed E-state index contributed by atoms with van der Waals surface area (Å²) in [6.07, 6.45) is 1.76. The van der Waals surface area contributed by atoms with Crippen LogP contribution in [0.2, 0.25) is 0 Å². The second kappa shape index (κ2) is 7.41. The fraction of sp³-hybridized carbons (Fsp3) is 0.0870. The van der Waals surface area contributed by atoms with Crippen molar-refractivity contribution in [3.8, 4) is 11.5 Å². The van der Waals surface area contributed by atoms with Crippen LogP contribution in [0.1, 0.15) is 27.0 Å². The van der Waals surface area contributed by atoms with Gasteiger partial charge in [-0.1, -0.05) is 64.5 Å². The number of benzene rings is 3. The van der Waals surface area contributed by atoms with E-state index < -0.39 is 0 Å². The van der Waals surface area contributed by atoms with Crippen molar-refractivity contribution in [2.24, 2.45) is 0 Å². The molecule has 4 rings (SSSR count). The van der Waals surface area contributed by atoms with Crippen LogP contribution in [0.4, 0.5) is 0 Å². The fourth-order valence-corrected chi connectivity index (χ4v) is 3.43. The van der Waals surface area contributed by atoms with Crippen LogP contribution < -0.4 is 9.47 Å². The zero-order chi connectivity index (χ0) is 18.8. The number of hydrogen-bond donors (Lipinski definition) is 0. The normalized spacial score (nSPS) is 14.1. The average Bonchev–Trinajstić information content (AvgIpc) is 2.99. The van der Waals surface area contributed by atoms with Crippen LogP contribution in [-0.2, 0) is 6.61 Å². The highest BCUT2D eigenvalue weighted by Crippen LogP contribution is 2.38. The molecule has 27 heavy (non-hydrogen) atoms. The Balaban J connectivity index is 1.60. The summed E-state index contributed by atoms with van der Waals surface area (Å²) in [5, 5.41) is 0. The molecular weight excluding hydrogens is 404 g/mol. The summed E-state index contributed by atoms with van der Waals surface area (Å²) < 4.78 is 12.7. The van der Waals surface area contributed by atoms with Gasteiger partial charge in [-0.05, 0) is 41.8 Å². The fourth-order valence-electron chi connectivity index (χ4n) is 3.04. The zero-order valence-corrected chi connectivity index (χ0v) is 16.3. The molecule has 0 spiro atoms. The molecule has 3 aromatic rings. The molecule has 0 radical (unpaired) electrons. The van der Waals surface area contributed by atoms with Crippen molar-refractivity contribution in [3.05, 3.63) is 99.2 Å². The maximum absolute atomic E-state index is 12.8. The van der Waals surface area contributed by atoms with Gasteiger partial charge < -0.3 is 9.47 Å². The first kappa shape index (κ1) is 17.6. The predicted molar refractivity (Wildman–Crippen MR) is 109 cm³/mol. The molecule has 1 aliphatic rings. The highest BCUT2D eigenvalue weighted by atomic mass is 79.9. The number of fused-ring (bicyclic) bond motifs is 1. The summed E-state index contributed by atoms with van der Waals surface area (Å²) in [5.41, 5.74) is 3.42. The third kappa shape index (κ3) is 3.67. The molecule has 0 aliphatic carbocycles. The Morgan fingerprint density at radius 2 is 1.78 bits per heavy atom. The molecule has 3 aromatic carbocycles. The van der Waals surface area contributed by atoms with Crippen molar-refractivity contribution in [2.75, 3.05) is 0 Å². The van der Waals surface area contributed by atoms with Crippen molar-refractivity contribution in [1.82, 2.24) is 0 Å². The SMILES string of the molecule is Cc1cc(OCc2ccccc2)cc2c1C(=O)/C(=C/c1ccccc1Br)O2. The molecule has 1 heterocycles. The van der Waals surface area contributed by atoms with Crippen LogP contribution in [0.25, 0.3) is 6.08 Å². The minimum absolute atomic E-state index is 0.104. The lowest BCUT2D eigenvalue weighted by atomic mass is 10.0. The number of ether oxygens (including phenoxy) is 2. The van der Waals surface area contributed by atoms with Crippen molar-refractivity contribution >= 4 is 27.8 Å². The summed E-state index contributed by atoms with van der Waals surface area (Å²) in [6.45, 7) is 2.36. The summed E-state index contributed by atoms with van der Waals surface area (Å²) >= 11 is 3.50. The quantitative estimate of drug-likeness (QED) is 0.488. The predicted octanol–water partition coefficient (Wildman–Crippen LogP) is 5.95. The highest BCUT2D eigenvalue weighted by molar-refractivity contribution is 9.10. The maximum atomic E-state index is 12.8. The monoisotopic (exact) mass is 420 g/mol. The molecule has 0 saturated carbocycles. The second-order valence-corrected chi connectivity index (χ2v) is 7.20. The summed E-state index contributed by atoms with van der Waals surface area (Å²) in [5.74, 6) is 1.44. The molecule has 0 N–H and O–H groups in total. The van der Waals surface area contributed by atoms with E-state index >= 15 is 0 Å². The van der Waals surface area contributed by atoms with Crippen molar-refractivity contribution in [2.45, 2.75) is 13.5 Å². The summed E-state index contributed by atoms with van der Waals surface area (Å²) in [4.78, 5) is 12.8. The molecule has 0 aromatic heterocycles. The van der Waals surface area contributed by atoms with Crippen LogP contribution in [-0.4, -0.2) is 5.78 Å². The number of ketones is 1. The molecule has 0 bridgehead atoms. The van der Waals surface area contributed by atoms with Crippen molar-refractivity contribution < 1.29 is 14.3 Å². The summed E-state index contributed by atoms with van der Waals surface area (Å²) in [7, 11) is 0. The van der Waals surface area contributed by atoms with E-state index in [1.54, 1.807) is 12.1 Å². The molecule has 0 unspecified atom stereocenters. The second-order valence-electron chi connectivity index (χ2n) is 6.35. The molecule has 134 valence electrons. The number of Topliss-reactive ketones (excluding diaryl/α,β-unsaturated/α-hetero) is 1. The molecule has 4 heteroatoms. The number of carbonyl (C=O) groups excluding carboxylic acids is 1. The third-order valence-electron chi connectivity index (χ3n) is 4.38. The van der Waals surface area contributed by atoms with Crippen LogP contribution in [0.5, 0.6) is 11.5 Å².